The van der Waals surface area contributed by atoms with Crippen LogP contribution in [0.5, 0.6) is 0 Å². The SMILES string of the molecule is CCOC(=O)Nc1ccccc1C(=O)C(=O)OCC1=C(C(=O)O)N2C(=O)[C@@H](NC(=O)CCCC(N)C(=O)O)[C@@H]2SC1. The van der Waals surface area contributed by atoms with Gasteiger partial charge in [0.15, 0.2) is 0 Å². The molecule has 0 saturated carbocycles. The number of fused-ring (bicyclic) bond motifs is 1. The number of rotatable bonds is 13. The normalized spacial score (nSPS) is 18.4. The Morgan fingerprint density at radius 3 is 2.51 bits per heavy atom. The van der Waals surface area contributed by atoms with Gasteiger partial charge in [0.05, 0.1) is 17.9 Å². The Bertz CT molecular complexity index is 1300. The number of aliphatic carboxylic acids is 2. The third-order valence-corrected chi connectivity index (χ3v) is 7.39. The summed E-state index contributed by atoms with van der Waals surface area (Å²) in [6.45, 7) is 1.08. The molecule has 3 rings (SSSR count). The lowest BCUT2D eigenvalue weighted by Gasteiger charge is -2.49. The number of thioether (sulfide) groups is 1. The number of carboxylic acid groups (broad SMARTS) is 2. The van der Waals surface area contributed by atoms with E-state index in [2.05, 4.69) is 10.6 Å². The number of benzene rings is 1. The van der Waals surface area contributed by atoms with Crippen LogP contribution in [0.2, 0.25) is 0 Å². The van der Waals surface area contributed by atoms with E-state index >= 15 is 0 Å². The summed E-state index contributed by atoms with van der Waals surface area (Å²) in [5.74, 6) is -6.23. The molecule has 2 aliphatic rings. The molecule has 1 aromatic carbocycles. The predicted octanol–water partition coefficient (Wildman–Crippen LogP) is 0.302. The minimum atomic E-state index is -1.46. The molecule has 1 aromatic rings. The van der Waals surface area contributed by atoms with Gasteiger partial charge in [-0.15, -0.1) is 11.8 Å². The van der Waals surface area contributed by atoms with E-state index in [0.717, 1.165) is 16.7 Å². The molecule has 15 nitrogen and oxygen atoms in total. The van der Waals surface area contributed by atoms with Crippen LogP contribution in [0.25, 0.3) is 0 Å². The highest BCUT2D eigenvalue weighted by molar-refractivity contribution is 8.00. The molecule has 1 saturated heterocycles. The zero-order chi connectivity index (χ0) is 30.3. The second-order valence-corrected chi connectivity index (χ2v) is 9.95. The molecule has 0 bridgehead atoms. The number of esters is 1. The Labute approximate surface area is 237 Å². The van der Waals surface area contributed by atoms with E-state index < -0.39 is 71.4 Å². The summed E-state index contributed by atoms with van der Waals surface area (Å²) in [5.41, 5.74) is 4.90. The highest BCUT2D eigenvalue weighted by Gasteiger charge is 2.54. The minimum Gasteiger partial charge on any atom is -0.480 e. The predicted molar refractivity (Wildman–Crippen MR) is 142 cm³/mol. The second kappa shape index (κ2) is 13.8. The van der Waals surface area contributed by atoms with Gasteiger partial charge in [0.2, 0.25) is 5.91 Å². The van der Waals surface area contributed by atoms with Crippen LogP contribution in [-0.4, -0.2) is 93.1 Å². The lowest BCUT2D eigenvalue weighted by molar-refractivity contribution is -0.151. The standard InChI is InChI=1S/C25H28N4O11S/c1-2-39-25(38)27-15-8-4-3-6-13(15)19(31)24(37)40-10-12-11-41-21-17(20(32)29(21)18(12)23(35)36)28-16(30)9-5-7-14(26)22(33)34/h3-4,6,8,14,17,21H,2,5,7,9-11,26H2,1H3,(H,27,38)(H,28,30)(H,33,34)(H,35,36)/t14?,17-,21+/m1/s1. The maximum Gasteiger partial charge on any atom is 0.411 e. The van der Waals surface area contributed by atoms with Crippen molar-refractivity contribution in [2.75, 3.05) is 24.3 Å². The Hall–Kier alpha value is -4.44. The number of carboxylic acids is 2. The highest BCUT2D eigenvalue weighted by Crippen LogP contribution is 2.40. The van der Waals surface area contributed by atoms with E-state index in [-0.39, 0.29) is 48.4 Å². The summed E-state index contributed by atoms with van der Waals surface area (Å²) in [5, 5.41) is 22.7. The van der Waals surface area contributed by atoms with E-state index in [1.807, 2.05) is 0 Å². The van der Waals surface area contributed by atoms with Gasteiger partial charge >= 0.3 is 24.0 Å². The number of anilines is 1. The van der Waals surface area contributed by atoms with E-state index in [0.29, 0.717) is 0 Å². The number of nitrogens with zero attached hydrogens (tertiary/aromatic N) is 1. The van der Waals surface area contributed by atoms with Gasteiger partial charge in [-0.3, -0.25) is 29.4 Å². The zero-order valence-corrected chi connectivity index (χ0v) is 22.6. The smallest absolute Gasteiger partial charge is 0.411 e. The Kier molecular flexibility index (Phi) is 10.4. The summed E-state index contributed by atoms with van der Waals surface area (Å²) >= 11 is 1.13. The van der Waals surface area contributed by atoms with Crippen LogP contribution in [0.3, 0.4) is 0 Å². The number of hydrogen-bond acceptors (Lipinski definition) is 11. The Balaban J connectivity index is 1.62. The van der Waals surface area contributed by atoms with E-state index in [1.54, 1.807) is 6.92 Å². The molecule has 0 radical (unpaired) electrons. The molecule has 0 aromatic heterocycles. The lowest BCUT2D eigenvalue weighted by Crippen LogP contribution is -2.70. The number of β-lactam (4-membered cyclic amide) rings is 1. The number of carbonyl (C=O) groups is 7. The van der Waals surface area contributed by atoms with Gasteiger partial charge in [-0.05, 0) is 31.9 Å². The van der Waals surface area contributed by atoms with Crippen molar-refractivity contribution in [3.63, 3.8) is 0 Å². The molecule has 1 fully saturated rings. The van der Waals surface area contributed by atoms with Crippen molar-refractivity contribution >= 4 is 59.0 Å². The number of ether oxygens (including phenoxy) is 2. The number of amides is 3. The fraction of sp³-hybridized carbons (Fsp3) is 0.400. The van der Waals surface area contributed by atoms with Crippen molar-refractivity contribution in [3.8, 4) is 0 Å². The quantitative estimate of drug-likeness (QED) is 0.0899. The van der Waals surface area contributed by atoms with Gasteiger partial charge in [-0.2, -0.15) is 0 Å². The van der Waals surface area contributed by atoms with Gasteiger partial charge in [0.1, 0.15) is 29.8 Å². The largest absolute Gasteiger partial charge is 0.480 e. The number of carbonyl (C=O) groups excluding carboxylic acids is 5. The summed E-state index contributed by atoms with van der Waals surface area (Å²) < 4.78 is 9.85. The first-order chi connectivity index (χ1) is 19.5. The lowest BCUT2D eigenvalue weighted by atomic mass is 10.0. The van der Waals surface area contributed by atoms with Crippen molar-refractivity contribution in [3.05, 3.63) is 41.1 Å². The maximum atomic E-state index is 12.8. The molecule has 3 amide bonds. The summed E-state index contributed by atoms with van der Waals surface area (Å²) in [7, 11) is 0. The first-order valence-electron chi connectivity index (χ1n) is 12.4. The van der Waals surface area contributed by atoms with Gasteiger partial charge in [0.25, 0.3) is 11.7 Å². The van der Waals surface area contributed by atoms with Crippen LogP contribution in [0.1, 0.15) is 36.5 Å². The zero-order valence-electron chi connectivity index (χ0n) is 21.8. The van der Waals surface area contributed by atoms with Crippen molar-refractivity contribution in [1.82, 2.24) is 10.2 Å². The Morgan fingerprint density at radius 1 is 1.15 bits per heavy atom. The van der Waals surface area contributed by atoms with Crippen LogP contribution in [0.4, 0.5) is 10.5 Å². The van der Waals surface area contributed by atoms with Gasteiger partial charge in [-0.1, -0.05) is 12.1 Å². The third-order valence-electron chi connectivity index (χ3n) is 6.05. The molecule has 2 heterocycles. The molecule has 16 heteroatoms. The average molecular weight is 593 g/mol. The van der Waals surface area contributed by atoms with E-state index in [1.165, 1.54) is 24.3 Å². The number of Topliss-reactive ketones (excluding diaryl/α,β-unsaturated/α-hetero) is 1. The van der Waals surface area contributed by atoms with Crippen LogP contribution in [0.15, 0.2) is 35.5 Å². The molecule has 1 unspecified atom stereocenters. The maximum absolute atomic E-state index is 12.8. The topological polar surface area (TPSA) is 232 Å². The fourth-order valence-electron chi connectivity index (χ4n) is 4.04. The summed E-state index contributed by atoms with van der Waals surface area (Å²) in [4.78, 5) is 85.8. The minimum absolute atomic E-state index is 0.0124. The molecule has 3 atom stereocenters. The van der Waals surface area contributed by atoms with Crippen LogP contribution in [0, 0.1) is 0 Å². The van der Waals surface area contributed by atoms with Crippen LogP contribution < -0.4 is 16.4 Å². The number of nitrogens with two attached hydrogens (primary N) is 1. The molecule has 0 spiro atoms. The van der Waals surface area contributed by atoms with Gasteiger partial charge < -0.3 is 30.7 Å². The third kappa shape index (κ3) is 7.40. The van der Waals surface area contributed by atoms with Crippen molar-refractivity contribution < 1.29 is 53.2 Å². The summed E-state index contributed by atoms with van der Waals surface area (Å²) in [6, 6.07) is 3.56. The summed E-state index contributed by atoms with van der Waals surface area (Å²) in [6.07, 6.45) is -0.658. The van der Waals surface area contributed by atoms with E-state index in [9.17, 15) is 38.7 Å². The van der Waals surface area contributed by atoms with Crippen molar-refractivity contribution in [2.24, 2.45) is 5.73 Å². The molecule has 6 N–H and O–H groups in total. The molecular formula is C25H28N4O11S. The monoisotopic (exact) mass is 592 g/mol. The second-order valence-electron chi connectivity index (χ2n) is 8.85. The first kappa shape index (κ1) is 31.1. The van der Waals surface area contributed by atoms with Crippen molar-refractivity contribution in [2.45, 2.75) is 43.6 Å². The number of hydrogen-bond donors (Lipinski definition) is 5. The van der Waals surface area contributed by atoms with Crippen molar-refractivity contribution in [1.29, 1.82) is 0 Å². The highest BCUT2D eigenvalue weighted by atomic mass is 32.2. The first-order valence-corrected chi connectivity index (χ1v) is 13.4. The molecule has 220 valence electrons. The molecule has 2 aliphatic heterocycles. The Morgan fingerprint density at radius 2 is 1.85 bits per heavy atom. The number of ketones is 1. The van der Waals surface area contributed by atoms with Crippen LogP contribution >= 0.6 is 11.8 Å². The number of para-hydroxylation sites is 1. The van der Waals surface area contributed by atoms with Gasteiger partial charge in [0, 0.05) is 17.7 Å². The fourth-order valence-corrected chi connectivity index (χ4v) is 5.37. The molecule has 41 heavy (non-hydrogen) atoms. The number of nitrogens with one attached hydrogen (secondary N) is 2. The molecular weight excluding hydrogens is 564 g/mol. The average Bonchev–Trinajstić information content (AvgIpc) is 2.93. The van der Waals surface area contributed by atoms with Gasteiger partial charge in [-0.25, -0.2) is 14.4 Å². The van der Waals surface area contributed by atoms with E-state index in [4.69, 9.17) is 20.3 Å². The molecule has 0 aliphatic carbocycles. The van der Waals surface area contributed by atoms with Crippen LogP contribution in [-0.2, 0) is 33.4 Å².